The number of anilines is 2. The van der Waals surface area contributed by atoms with E-state index < -0.39 is 0 Å². The molecule has 6 nitrogen and oxygen atoms in total. The Labute approximate surface area is 202 Å². The maximum Gasteiger partial charge on any atom is 0.283 e. The molecule has 0 spiro atoms. The molecule has 2 heterocycles. The van der Waals surface area contributed by atoms with Gasteiger partial charge in [0.1, 0.15) is 11.5 Å². The number of furan rings is 1. The number of carbonyl (C=O) groups excluding carboxylic acids is 2. The minimum absolute atomic E-state index is 0.0138. The number of benzene rings is 2. The van der Waals surface area contributed by atoms with Gasteiger partial charge in [0.05, 0.1) is 38.5 Å². The van der Waals surface area contributed by atoms with E-state index in [1.54, 1.807) is 30.3 Å². The molecule has 0 aliphatic carbocycles. The van der Waals surface area contributed by atoms with Crippen LogP contribution in [0.5, 0.6) is 0 Å². The van der Waals surface area contributed by atoms with Gasteiger partial charge in [-0.05, 0) is 36.4 Å². The largest absolute Gasteiger partial charge is 0.465 e. The van der Waals surface area contributed by atoms with Crippen molar-refractivity contribution in [3.63, 3.8) is 0 Å². The predicted octanol–water partition coefficient (Wildman–Crippen LogP) is 6.36. The molecule has 2 amide bonds. The SMILES string of the molecule is O=C(CSC1=N/C(=C\c2ccco2)C(=O)N1c1ccccc1)Nc1cc(Cl)c(Cl)cc1Cl. The molecule has 0 radical (unpaired) electrons. The van der Waals surface area contributed by atoms with Crippen molar-refractivity contribution >= 4 is 81.0 Å². The lowest BCUT2D eigenvalue weighted by molar-refractivity contribution is -0.114. The lowest BCUT2D eigenvalue weighted by Crippen LogP contribution is -2.31. The van der Waals surface area contributed by atoms with Gasteiger partial charge in [0, 0.05) is 6.08 Å². The van der Waals surface area contributed by atoms with Gasteiger partial charge in [0.25, 0.3) is 5.91 Å². The zero-order chi connectivity index (χ0) is 22.7. The molecule has 0 unspecified atom stereocenters. The van der Waals surface area contributed by atoms with Crippen LogP contribution in [-0.4, -0.2) is 22.7 Å². The highest BCUT2D eigenvalue weighted by molar-refractivity contribution is 8.14. The Balaban J connectivity index is 1.53. The standard InChI is InChI=1S/C22H14Cl3N3O3S/c23-15-10-17(25)18(11-16(15)24)26-20(29)12-32-22-27-19(9-14-7-4-8-31-14)21(30)28(22)13-5-2-1-3-6-13/h1-11H,12H2,(H,26,29)/b19-9-. The number of para-hydroxylation sites is 1. The summed E-state index contributed by atoms with van der Waals surface area (Å²) in [5.41, 5.74) is 1.19. The number of hydrogen-bond donors (Lipinski definition) is 1. The Morgan fingerprint density at radius 2 is 1.81 bits per heavy atom. The van der Waals surface area contributed by atoms with Gasteiger partial charge in [0.2, 0.25) is 5.91 Å². The third-order valence-electron chi connectivity index (χ3n) is 4.28. The number of halogens is 3. The van der Waals surface area contributed by atoms with Gasteiger partial charge < -0.3 is 9.73 Å². The van der Waals surface area contributed by atoms with Crippen LogP contribution >= 0.6 is 46.6 Å². The molecule has 1 aliphatic heterocycles. The summed E-state index contributed by atoms with van der Waals surface area (Å²) < 4.78 is 5.29. The van der Waals surface area contributed by atoms with Crippen molar-refractivity contribution in [2.75, 3.05) is 16.0 Å². The Morgan fingerprint density at radius 3 is 2.53 bits per heavy atom. The van der Waals surface area contributed by atoms with E-state index in [2.05, 4.69) is 10.3 Å². The van der Waals surface area contributed by atoms with Crippen LogP contribution in [-0.2, 0) is 9.59 Å². The Hall–Kier alpha value is -2.71. The zero-order valence-electron chi connectivity index (χ0n) is 16.2. The number of nitrogens with one attached hydrogen (secondary N) is 1. The zero-order valence-corrected chi connectivity index (χ0v) is 19.3. The molecule has 32 heavy (non-hydrogen) atoms. The molecule has 1 aliphatic rings. The molecule has 10 heteroatoms. The molecule has 4 rings (SSSR count). The maximum atomic E-state index is 13.0. The minimum atomic E-state index is -0.345. The second kappa shape index (κ2) is 9.83. The average molecular weight is 507 g/mol. The Kier molecular flexibility index (Phi) is 6.91. The van der Waals surface area contributed by atoms with Crippen LogP contribution in [0.4, 0.5) is 11.4 Å². The summed E-state index contributed by atoms with van der Waals surface area (Å²) in [5, 5.41) is 3.89. The first-order valence-corrected chi connectivity index (χ1v) is 11.3. The molecule has 162 valence electrons. The summed E-state index contributed by atoms with van der Waals surface area (Å²) >= 11 is 19.2. The molecule has 0 bridgehead atoms. The van der Waals surface area contributed by atoms with Crippen LogP contribution in [0, 0.1) is 0 Å². The monoisotopic (exact) mass is 505 g/mol. The van der Waals surface area contributed by atoms with E-state index in [1.165, 1.54) is 23.3 Å². The van der Waals surface area contributed by atoms with Crippen molar-refractivity contribution in [3.05, 3.63) is 87.4 Å². The topological polar surface area (TPSA) is 74.9 Å². The quantitative estimate of drug-likeness (QED) is 0.323. The lowest BCUT2D eigenvalue weighted by Gasteiger charge is -2.17. The predicted molar refractivity (Wildman–Crippen MR) is 131 cm³/mol. The molecule has 0 saturated carbocycles. The van der Waals surface area contributed by atoms with Gasteiger partial charge in [-0.25, -0.2) is 4.99 Å². The summed E-state index contributed by atoms with van der Waals surface area (Å²) in [6.45, 7) is 0. The van der Waals surface area contributed by atoms with E-state index in [9.17, 15) is 9.59 Å². The fraction of sp³-hybridized carbons (Fsp3) is 0.0455. The van der Waals surface area contributed by atoms with E-state index in [-0.39, 0.29) is 38.3 Å². The first-order valence-electron chi connectivity index (χ1n) is 9.23. The van der Waals surface area contributed by atoms with E-state index in [4.69, 9.17) is 39.2 Å². The molecule has 1 aromatic heterocycles. The third kappa shape index (κ3) is 5.02. The third-order valence-corrected chi connectivity index (χ3v) is 6.26. The molecule has 1 N–H and O–H groups in total. The van der Waals surface area contributed by atoms with Crippen molar-refractivity contribution in [3.8, 4) is 0 Å². The highest BCUT2D eigenvalue weighted by atomic mass is 35.5. The van der Waals surface area contributed by atoms with Crippen LogP contribution in [0.1, 0.15) is 5.76 Å². The number of hydrogen-bond acceptors (Lipinski definition) is 5. The summed E-state index contributed by atoms with van der Waals surface area (Å²) in [6.07, 6.45) is 3.07. The minimum Gasteiger partial charge on any atom is -0.465 e. The number of amides is 2. The highest BCUT2D eigenvalue weighted by Gasteiger charge is 2.32. The highest BCUT2D eigenvalue weighted by Crippen LogP contribution is 2.33. The van der Waals surface area contributed by atoms with Gasteiger partial charge in [-0.15, -0.1) is 0 Å². The maximum absolute atomic E-state index is 13.0. The van der Waals surface area contributed by atoms with Crippen molar-refractivity contribution in [2.24, 2.45) is 4.99 Å². The van der Waals surface area contributed by atoms with E-state index in [0.29, 0.717) is 22.3 Å². The normalized spacial score (nSPS) is 14.7. The summed E-state index contributed by atoms with van der Waals surface area (Å²) in [7, 11) is 0. The molecule has 0 fully saturated rings. The Bertz CT molecular complexity index is 1230. The summed E-state index contributed by atoms with van der Waals surface area (Å²) in [4.78, 5) is 31.5. The van der Waals surface area contributed by atoms with Crippen molar-refractivity contribution in [1.29, 1.82) is 0 Å². The second-order valence-corrected chi connectivity index (χ2v) is 8.66. The van der Waals surface area contributed by atoms with Crippen molar-refractivity contribution < 1.29 is 14.0 Å². The van der Waals surface area contributed by atoms with Crippen LogP contribution in [0.2, 0.25) is 15.1 Å². The Morgan fingerprint density at radius 1 is 1.06 bits per heavy atom. The molecule has 0 atom stereocenters. The lowest BCUT2D eigenvalue weighted by atomic mass is 10.2. The summed E-state index contributed by atoms with van der Waals surface area (Å²) in [6, 6.07) is 15.4. The number of rotatable bonds is 5. The smallest absolute Gasteiger partial charge is 0.283 e. The number of nitrogens with zero attached hydrogens (tertiary/aromatic N) is 2. The molecular weight excluding hydrogens is 493 g/mol. The van der Waals surface area contributed by atoms with Gasteiger partial charge in [-0.2, -0.15) is 0 Å². The molecule has 0 saturated heterocycles. The van der Waals surface area contributed by atoms with E-state index in [0.717, 1.165) is 11.8 Å². The number of amidine groups is 1. The average Bonchev–Trinajstić information content (AvgIpc) is 3.39. The number of thioether (sulfide) groups is 1. The van der Waals surface area contributed by atoms with Crippen LogP contribution < -0.4 is 10.2 Å². The van der Waals surface area contributed by atoms with Gasteiger partial charge >= 0.3 is 0 Å². The van der Waals surface area contributed by atoms with E-state index >= 15 is 0 Å². The number of aliphatic imine (C=N–C) groups is 1. The van der Waals surface area contributed by atoms with Crippen LogP contribution in [0.3, 0.4) is 0 Å². The van der Waals surface area contributed by atoms with E-state index in [1.807, 2.05) is 18.2 Å². The van der Waals surface area contributed by atoms with Crippen molar-refractivity contribution in [1.82, 2.24) is 0 Å². The summed E-state index contributed by atoms with van der Waals surface area (Å²) in [5.74, 6) is -0.173. The number of carbonyl (C=O) groups is 2. The second-order valence-electron chi connectivity index (χ2n) is 6.50. The fourth-order valence-corrected chi connectivity index (χ4v) is 4.25. The molecular formula is C22H14Cl3N3O3S. The van der Waals surface area contributed by atoms with Gasteiger partial charge in [-0.1, -0.05) is 64.8 Å². The van der Waals surface area contributed by atoms with Crippen LogP contribution in [0.25, 0.3) is 6.08 Å². The van der Waals surface area contributed by atoms with Crippen LogP contribution in [0.15, 0.2) is 76.0 Å². The molecule has 3 aromatic rings. The van der Waals surface area contributed by atoms with Gasteiger partial charge in [0.15, 0.2) is 5.17 Å². The molecule has 2 aromatic carbocycles. The first-order chi connectivity index (χ1) is 15.4. The first kappa shape index (κ1) is 22.5. The fourth-order valence-electron chi connectivity index (χ4n) is 2.84. The van der Waals surface area contributed by atoms with Crippen molar-refractivity contribution in [2.45, 2.75) is 0 Å². The van der Waals surface area contributed by atoms with Gasteiger partial charge in [-0.3, -0.25) is 14.5 Å².